The quantitative estimate of drug-likeness (QED) is 0.173. The lowest BCUT2D eigenvalue weighted by molar-refractivity contribution is -0.137. The van der Waals surface area contributed by atoms with E-state index in [9.17, 15) is 34.2 Å². The lowest BCUT2D eigenvalue weighted by Crippen LogP contribution is -2.07. The Labute approximate surface area is 352 Å². The zero-order valence-electron chi connectivity index (χ0n) is 32.4. The average Bonchev–Trinajstić information content (AvgIpc) is 3.82. The summed E-state index contributed by atoms with van der Waals surface area (Å²) in [5.41, 5.74) is 8.26. The Morgan fingerprint density at radius 1 is 0.371 bits per heavy atom. The first-order chi connectivity index (χ1) is 30.2. The Bertz CT molecular complexity index is 3660. The molecule has 0 aliphatic heterocycles. The van der Waals surface area contributed by atoms with Crippen LogP contribution in [0.5, 0.6) is 0 Å². The predicted octanol–water partition coefficient (Wildman–Crippen LogP) is 13.4. The van der Waals surface area contributed by atoms with Gasteiger partial charge >= 0.3 is 6.18 Å². The minimum atomic E-state index is -4.75. The number of halogens is 3. The van der Waals surface area contributed by atoms with Gasteiger partial charge in [-0.25, -0.2) is 0 Å². The SMILES string of the molecule is N#Cc1ccc(-c2ccc3c4ccccc4n(-c4cc(C#N)c(-c5cc(C#N)cc(C(F)(F)F)c5)cc4-n4c5ccccc5c5ccc(-c6ccc(C#N)cc6)cc54)c3c2)cc1. The van der Waals surface area contributed by atoms with Crippen molar-refractivity contribution in [2.45, 2.75) is 6.18 Å². The van der Waals surface area contributed by atoms with Crippen molar-refractivity contribution in [3.8, 4) is 69.0 Å². The van der Waals surface area contributed by atoms with Crippen LogP contribution in [-0.2, 0) is 6.18 Å². The van der Waals surface area contributed by atoms with Crippen LogP contribution in [0, 0.1) is 45.3 Å². The Kier molecular flexibility index (Phi) is 8.70. The molecular weight excluding hydrogens is 778 g/mol. The van der Waals surface area contributed by atoms with Crippen molar-refractivity contribution in [1.29, 1.82) is 21.0 Å². The van der Waals surface area contributed by atoms with E-state index in [1.807, 2.05) is 97.1 Å². The fraction of sp³-hybridized carbons (Fsp3) is 0.0189. The minimum absolute atomic E-state index is 0.0742. The normalized spacial score (nSPS) is 11.4. The summed E-state index contributed by atoms with van der Waals surface area (Å²) < 4.78 is 47.3. The van der Waals surface area contributed by atoms with Gasteiger partial charge in [0.25, 0.3) is 0 Å². The number of hydrogen-bond acceptors (Lipinski definition) is 4. The first kappa shape index (κ1) is 37.4. The molecule has 0 aliphatic carbocycles. The van der Waals surface area contributed by atoms with Gasteiger partial charge in [0, 0.05) is 27.1 Å². The summed E-state index contributed by atoms with van der Waals surface area (Å²) >= 11 is 0. The number of alkyl halides is 3. The van der Waals surface area contributed by atoms with Crippen LogP contribution in [0.25, 0.3) is 88.4 Å². The van der Waals surface area contributed by atoms with Crippen molar-refractivity contribution in [2.75, 3.05) is 0 Å². The van der Waals surface area contributed by atoms with Crippen molar-refractivity contribution < 1.29 is 13.2 Å². The Morgan fingerprint density at radius 3 is 1.29 bits per heavy atom. The van der Waals surface area contributed by atoms with Crippen LogP contribution in [0.3, 0.4) is 0 Å². The molecule has 0 N–H and O–H groups in total. The summed E-state index contributed by atoms with van der Waals surface area (Å²) in [4.78, 5) is 0. The van der Waals surface area contributed by atoms with Gasteiger partial charge in [0.05, 0.1) is 85.5 Å². The van der Waals surface area contributed by atoms with E-state index < -0.39 is 11.7 Å². The minimum Gasteiger partial charge on any atom is -0.307 e. The van der Waals surface area contributed by atoms with E-state index in [4.69, 9.17) is 0 Å². The van der Waals surface area contributed by atoms with Crippen molar-refractivity contribution >= 4 is 43.6 Å². The third-order valence-electron chi connectivity index (χ3n) is 11.5. The van der Waals surface area contributed by atoms with E-state index >= 15 is 0 Å². The van der Waals surface area contributed by atoms with Gasteiger partial charge in [-0.15, -0.1) is 0 Å². The maximum atomic E-state index is 14.4. The molecule has 10 aromatic rings. The van der Waals surface area contributed by atoms with Crippen molar-refractivity contribution in [3.05, 3.63) is 192 Å². The molecule has 0 spiro atoms. The first-order valence-corrected chi connectivity index (χ1v) is 19.5. The number of nitrogens with zero attached hydrogens (tertiary/aromatic N) is 6. The number of fused-ring (bicyclic) bond motifs is 6. The molecule has 8 aromatic carbocycles. The van der Waals surface area contributed by atoms with Crippen LogP contribution in [0.2, 0.25) is 0 Å². The largest absolute Gasteiger partial charge is 0.416 e. The second-order valence-electron chi connectivity index (χ2n) is 15.0. The molecule has 62 heavy (non-hydrogen) atoms. The predicted molar refractivity (Wildman–Crippen MR) is 235 cm³/mol. The average molecular weight is 805 g/mol. The molecule has 0 unspecified atom stereocenters. The highest BCUT2D eigenvalue weighted by molar-refractivity contribution is 6.13. The number of benzene rings is 8. The molecule has 9 heteroatoms. The number of aromatic nitrogens is 2. The van der Waals surface area contributed by atoms with Crippen molar-refractivity contribution in [1.82, 2.24) is 9.13 Å². The zero-order chi connectivity index (χ0) is 42.7. The molecule has 10 rings (SSSR count). The monoisotopic (exact) mass is 804 g/mol. The molecule has 2 aromatic heterocycles. The Morgan fingerprint density at radius 2 is 0.823 bits per heavy atom. The lowest BCUT2D eigenvalue weighted by Gasteiger charge is -2.20. The first-order valence-electron chi connectivity index (χ1n) is 19.5. The second-order valence-corrected chi connectivity index (χ2v) is 15.0. The molecule has 0 saturated heterocycles. The fourth-order valence-corrected chi connectivity index (χ4v) is 8.57. The van der Waals surface area contributed by atoms with Gasteiger partial charge in [-0.05, 0) is 107 Å². The van der Waals surface area contributed by atoms with E-state index in [-0.39, 0.29) is 22.3 Å². The third-order valence-corrected chi connectivity index (χ3v) is 11.5. The van der Waals surface area contributed by atoms with Gasteiger partial charge < -0.3 is 9.13 Å². The number of para-hydroxylation sites is 2. The van der Waals surface area contributed by atoms with E-state index in [2.05, 4.69) is 45.5 Å². The molecular formula is C53H27F3N6. The Hall–Kier alpha value is -8.89. The fourth-order valence-electron chi connectivity index (χ4n) is 8.57. The number of nitriles is 4. The maximum Gasteiger partial charge on any atom is 0.416 e. The molecule has 0 amide bonds. The maximum absolute atomic E-state index is 14.4. The second kappa shape index (κ2) is 14.4. The number of hydrogen-bond donors (Lipinski definition) is 0. The van der Waals surface area contributed by atoms with E-state index in [0.29, 0.717) is 22.5 Å². The van der Waals surface area contributed by atoms with E-state index in [1.54, 1.807) is 36.4 Å². The van der Waals surface area contributed by atoms with Crippen molar-refractivity contribution in [3.63, 3.8) is 0 Å². The summed E-state index contributed by atoms with van der Waals surface area (Å²) in [7, 11) is 0. The highest BCUT2D eigenvalue weighted by Gasteiger charge is 2.32. The topological polar surface area (TPSA) is 105 Å². The smallest absolute Gasteiger partial charge is 0.307 e. The van der Waals surface area contributed by atoms with Crippen molar-refractivity contribution in [2.24, 2.45) is 0 Å². The van der Waals surface area contributed by atoms with E-state index in [1.165, 1.54) is 6.07 Å². The summed E-state index contributed by atoms with van der Waals surface area (Å²) in [6.45, 7) is 0. The molecule has 0 atom stereocenters. The third kappa shape index (κ3) is 6.09. The van der Waals surface area contributed by atoms with Gasteiger partial charge in [-0.2, -0.15) is 34.2 Å². The lowest BCUT2D eigenvalue weighted by atomic mass is 9.94. The van der Waals surface area contributed by atoms with E-state index in [0.717, 1.165) is 78.0 Å². The zero-order valence-corrected chi connectivity index (χ0v) is 32.4. The highest BCUT2D eigenvalue weighted by Crippen LogP contribution is 2.43. The molecule has 290 valence electrons. The standard InChI is InChI=1S/C53H27F3N6/c54-53(55,56)41-22-34(30-59)21-39(23-41)46-27-52(62-48-8-4-2-6-43(48)45-20-18-38(25-50(45)62)36-15-11-33(29-58)12-16-36)51(26-40(46)31-60)61-47-7-3-1-5-42(47)44-19-17-37(24-49(44)61)35-13-9-32(28-57)10-14-35/h1-27H. The summed E-state index contributed by atoms with van der Waals surface area (Å²) in [5, 5.41) is 43.5. The summed E-state index contributed by atoms with van der Waals surface area (Å²) in [6.07, 6.45) is -4.75. The Balaban J connectivity index is 1.35. The summed E-state index contributed by atoms with van der Waals surface area (Å²) in [6, 6.07) is 57.9. The van der Waals surface area contributed by atoms with Gasteiger partial charge in [0.15, 0.2) is 0 Å². The van der Waals surface area contributed by atoms with Crippen LogP contribution in [-0.4, -0.2) is 9.13 Å². The van der Waals surface area contributed by atoms with Gasteiger partial charge in [0.1, 0.15) is 0 Å². The molecule has 0 saturated carbocycles. The molecule has 6 nitrogen and oxygen atoms in total. The van der Waals surface area contributed by atoms with Crippen LogP contribution in [0.15, 0.2) is 164 Å². The molecule has 0 bridgehead atoms. The molecule has 0 aliphatic rings. The summed E-state index contributed by atoms with van der Waals surface area (Å²) in [5.74, 6) is 0. The van der Waals surface area contributed by atoms with Crippen LogP contribution < -0.4 is 0 Å². The van der Waals surface area contributed by atoms with Gasteiger partial charge in [-0.3, -0.25) is 0 Å². The van der Waals surface area contributed by atoms with Crippen LogP contribution >= 0.6 is 0 Å². The molecule has 0 radical (unpaired) electrons. The highest BCUT2D eigenvalue weighted by atomic mass is 19.4. The van der Waals surface area contributed by atoms with Gasteiger partial charge in [0.2, 0.25) is 0 Å². The van der Waals surface area contributed by atoms with Crippen LogP contribution in [0.1, 0.15) is 27.8 Å². The number of rotatable bonds is 5. The molecule has 0 fully saturated rings. The van der Waals surface area contributed by atoms with Crippen LogP contribution in [0.4, 0.5) is 13.2 Å². The van der Waals surface area contributed by atoms with Gasteiger partial charge in [-0.1, -0.05) is 84.9 Å². The molecule has 2 heterocycles.